The summed E-state index contributed by atoms with van der Waals surface area (Å²) in [5, 5.41) is 0. The molecule has 39 heavy (non-hydrogen) atoms. The van der Waals surface area contributed by atoms with Crippen molar-refractivity contribution in [3.05, 3.63) is 71.0 Å². The Kier molecular flexibility index (Phi) is 7.31. The summed E-state index contributed by atoms with van der Waals surface area (Å²) in [4.78, 5) is 22.5. The number of aromatic nitrogens is 2. The van der Waals surface area contributed by atoms with Gasteiger partial charge in [0.25, 0.3) is 11.9 Å². The number of sulfone groups is 1. The van der Waals surface area contributed by atoms with Crippen LogP contribution >= 0.6 is 0 Å². The number of H-pyrrole nitrogens is 1. The maximum absolute atomic E-state index is 15.3. The van der Waals surface area contributed by atoms with E-state index in [-0.39, 0.29) is 47.3 Å². The summed E-state index contributed by atoms with van der Waals surface area (Å²) in [7, 11) is -3.75. The average molecular weight is 552 g/mol. The van der Waals surface area contributed by atoms with E-state index in [0.29, 0.717) is 24.9 Å². The second-order valence-corrected chi connectivity index (χ2v) is 11.5. The van der Waals surface area contributed by atoms with Crippen molar-refractivity contribution < 1.29 is 27.1 Å². The monoisotopic (exact) mass is 551 g/mol. The summed E-state index contributed by atoms with van der Waals surface area (Å²) in [6.45, 7) is 6.44. The number of hydrogen-bond acceptors (Lipinski definition) is 6. The fourth-order valence-corrected chi connectivity index (χ4v) is 5.81. The van der Waals surface area contributed by atoms with Crippen LogP contribution in [-0.4, -0.2) is 54.7 Å². The lowest BCUT2D eigenvalue weighted by Gasteiger charge is -2.22. The molecule has 1 amide bonds. The highest BCUT2D eigenvalue weighted by Crippen LogP contribution is 2.32. The van der Waals surface area contributed by atoms with Crippen molar-refractivity contribution in [1.82, 2.24) is 14.9 Å². The summed E-state index contributed by atoms with van der Waals surface area (Å²) in [5.74, 6) is -0.748. The van der Waals surface area contributed by atoms with Crippen LogP contribution in [0, 0.1) is 5.82 Å². The molecule has 0 spiro atoms. The molecule has 0 saturated carbocycles. The van der Waals surface area contributed by atoms with E-state index in [1.807, 2.05) is 43.3 Å². The molecule has 4 aromatic rings. The van der Waals surface area contributed by atoms with E-state index in [1.54, 1.807) is 11.8 Å². The number of rotatable bonds is 7. The zero-order valence-corrected chi connectivity index (χ0v) is 22.9. The first-order valence-electron chi connectivity index (χ1n) is 13.0. The molecule has 1 aliphatic heterocycles. The molecule has 0 bridgehead atoms. The number of halogens is 1. The van der Waals surface area contributed by atoms with Gasteiger partial charge in [-0.1, -0.05) is 26.0 Å². The molecule has 204 valence electrons. The van der Waals surface area contributed by atoms with Crippen LogP contribution in [0.2, 0.25) is 0 Å². The molecule has 3 aromatic carbocycles. The van der Waals surface area contributed by atoms with Gasteiger partial charge in [-0.25, -0.2) is 12.8 Å². The van der Waals surface area contributed by atoms with Gasteiger partial charge in [-0.05, 0) is 60.9 Å². The molecule has 1 aromatic heterocycles. The van der Waals surface area contributed by atoms with Crippen molar-refractivity contribution in [3.63, 3.8) is 0 Å². The van der Waals surface area contributed by atoms with Gasteiger partial charge in [0, 0.05) is 23.2 Å². The predicted octanol–water partition coefficient (Wildman–Crippen LogP) is 5.16. The van der Waals surface area contributed by atoms with Gasteiger partial charge in [0.1, 0.15) is 23.1 Å². The molecular weight excluding hydrogens is 521 g/mol. The van der Waals surface area contributed by atoms with Crippen LogP contribution in [0.5, 0.6) is 11.8 Å². The third-order valence-corrected chi connectivity index (χ3v) is 8.65. The second kappa shape index (κ2) is 10.7. The first-order chi connectivity index (χ1) is 18.7. The van der Waals surface area contributed by atoms with Gasteiger partial charge in [0.15, 0.2) is 9.84 Å². The van der Waals surface area contributed by atoms with E-state index < -0.39 is 15.7 Å². The number of fused-ring (bicyclic) bond motifs is 2. The molecule has 0 aliphatic carbocycles. The van der Waals surface area contributed by atoms with Gasteiger partial charge in [0.2, 0.25) is 0 Å². The van der Waals surface area contributed by atoms with E-state index in [0.717, 1.165) is 27.7 Å². The van der Waals surface area contributed by atoms with Gasteiger partial charge in [-0.15, -0.1) is 0 Å². The molecule has 1 aliphatic rings. The van der Waals surface area contributed by atoms with Gasteiger partial charge in [-0.2, -0.15) is 4.98 Å². The highest BCUT2D eigenvalue weighted by molar-refractivity contribution is 7.91. The van der Waals surface area contributed by atoms with Crippen LogP contribution in [0.1, 0.15) is 42.3 Å². The van der Waals surface area contributed by atoms with Gasteiger partial charge < -0.3 is 19.4 Å². The van der Waals surface area contributed by atoms with Crippen LogP contribution in [0.4, 0.5) is 4.39 Å². The number of carbonyl (C=O) groups excluding carboxylic acids is 1. The number of nitrogens with one attached hydrogen (secondary N) is 1. The average Bonchev–Trinajstić information content (AvgIpc) is 3.21. The van der Waals surface area contributed by atoms with E-state index in [9.17, 15) is 13.2 Å². The van der Waals surface area contributed by atoms with Crippen molar-refractivity contribution in [1.29, 1.82) is 0 Å². The molecule has 0 saturated heterocycles. The number of hydrogen-bond donors (Lipinski definition) is 1. The fourth-order valence-electron chi connectivity index (χ4n) is 4.83. The highest BCUT2D eigenvalue weighted by Gasteiger charge is 2.27. The molecule has 8 nitrogen and oxygen atoms in total. The number of amides is 1. The first kappa shape index (κ1) is 26.7. The SMILES string of the molecule is CCOc1nc2ccc(-c3ccc4c(c3)CN(C(=O)c3ccc(S(=O)(=O)CC)c(F)c3CC)CCO4)cc2[nH]1. The zero-order valence-electron chi connectivity index (χ0n) is 22.1. The maximum atomic E-state index is 15.3. The first-order valence-corrected chi connectivity index (χ1v) is 14.6. The molecule has 10 heteroatoms. The number of benzene rings is 3. The van der Waals surface area contributed by atoms with E-state index in [2.05, 4.69) is 9.97 Å². The highest BCUT2D eigenvalue weighted by atomic mass is 32.2. The minimum absolute atomic E-state index is 0.105. The Morgan fingerprint density at radius 3 is 2.62 bits per heavy atom. The van der Waals surface area contributed by atoms with Crippen LogP contribution in [0.3, 0.4) is 0 Å². The van der Waals surface area contributed by atoms with Gasteiger partial charge >= 0.3 is 0 Å². The van der Waals surface area contributed by atoms with Crippen molar-refractivity contribution in [2.45, 2.75) is 38.6 Å². The van der Waals surface area contributed by atoms with Crippen molar-refractivity contribution in [2.24, 2.45) is 0 Å². The van der Waals surface area contributed by atoms with Gasteiger partial charge in [-0.3, -0.25) is 4.79 Å². The Morgan fingerprint density at radius 1 is 1.10 bits per heavy atom. The molecule has 0 unspecified atom stereocenters. The van der Waals surface area contributed by atoms with Crippen LogP contribution in [-0.2, 0) is 22.8 Å². The Labute approximate surface area is 226 Å². The van der Waals surface area contributed by atoms with E-state index >= 15 is 4.39 Å². The minimum Gasteiger partial charge on any atom is -0.491 e. The zero-order chi connectivity index (χ0) is 27.7. The van der Waals surface area contributed by atoms with E-state index in [4.69, 9.17) is 9.47 Å². The second-order valence-electron chi connectivity index (χ2n) is 9.27. The Hall–Kier alpha value is -3.92. The Morgan fingerprint density at radius 2 is 1.87 bits per heavy atom. The molecular formula is C29H30FN3O5S. The molecule has 0 atom stereocenters. The smallest absolute Gasteiger partial charge is 0.294 e. The fraction of sp³-hybridized carbons (Fsp3) is 0.310. The molecule has 0 radical (unpaired) electrons. The maximum Gasteiger partial charge on any atom is 0.294 e. The number of ether oxygens (including phenoxy) is 2. The summed E-state index contributed by atoms with van der Waals surface area (Å²) in [6, 6.07) is 14.8. The quantitative estimate of drug-likeness (QED) is 0.341. The standard InChI is InChI=1S/C29H30FN3O5S/c1-4-21-22(9-12-26(27(21)30)39(35,36)6-3)28(34)33-13-14-38-25-11-8-18(15-20(25)17-33)19-7-10-23-24(16-19)32-29(31-23)37-5-2/h7-12,15-16H,4-6,13-14,17H2,1-3H3,(H,31,32). The lowest BCUT2D eigenvalue weighted by molar-refractivity contribution is 0.0731. The van der Waals surface area contributed by atoms with E-state index in [1.165, 1.54) is 19.1 Å². The Bertz CT molecular complexity index is 1670. The normalized spacial score (nSPS) is 13.6. The van der Waals surface area contributed by atoms with Crippen LogP contribution in [0.25, 0.3) is 22.2 Å². The van der Waals surface area contributed by atoms with Crippen molar-refractivity contribution >= 4 is 26.8 Å². The van der Waals surface area contributed by atoms with Crippen LogP contribution < -0.4 is 9.47 Å². The summed E-state index contributed by atoms with van der Waals surface area (Å²) < 4.78 is 51.4. The van der Waals surface area contributed by atoms with Crippen LogP contribution in [0.15, 0.2) is 53.4 Å². The predicted molar refractivity (Wildman–Crippen MR) is 146 cm³/mol. The molecule has 0 fully saturated rings. The van der Waals surface area contributed by atoms with Crippen molar-refractivity contribution in [3.8, 4) is 22.9 Å². The molecule has 2 heterocycles. The third-order valence-electron chi connectivity index (χ3n) is 6.91. The Balaban J connectivity index is 1.46. The number of carbonyl (C=O) groups is 1. The molecule has 1 N–H and O–H groups in total. The van der Waals surface area contributed by atoms with Gasteiger partial charge in [0.05, 0.1) is 29.9 Å². The minimum atomic E-state index is -3.75. The number of aromatic amines is 1. The van der Waals surface area contributed by atoms with Crippen molar-refractivity contribution in [2.75, 3.05) is 25.5 Å². The third kappa shape index (κ3) is 5.08. The largest absolute Gasteiger partial charge is 0.491 e. The topological polar surface area (TPSA) is 102 Å². The summed E-state index contributed by atoms with van der Waals surface area (Å²) >= 11 is 0. The lowest BCUT2D eigenvalue weighted by Crippen LogP contribution is -2.33. The molecule has 5 rings (SSSR count). The summed E-state index contributed by atoms with van der Waals surface area (Å²) in [5.41, 5.74) is 4.64. The number of imidazole rings is 1. The lowest BCUT2D eigenvalue weighted by atomic mass is 10.0. The number of nitrogens with zero attached hydrogens (tertiary/aromatic N) is 2. The summed E-state index contributed by atoms with van der Waals surface area (Å²) in [6.07, 6.45) is 0.187.